The van der Waals surface area contributed by atoms with Gasteiger partial charge < -0.3 is 25.2 Å². The third-order valence-corrected chi connectivity index (χ3v) is 6.95. The van der Waals surface area contributed by atoms with Gasteiger partial charge in [-0.2, -0.15) is 11.8 Å². The standard InChI is InChI=1S/C28H44N2O5S/c1-7-21(17-23(31)24(35-28(5,6)34)13-14-27(2,3)4)25(32)29-22-19-36-16-15-30(26(22)33)18-20-11-9-8-10-12-20/h8-14,21-24,31,34H,7,15-19H2,1-6H3,(H,29,32)/b14-13+/t21-,22?,23-,24-/m1/s1. The minimum atomic E-state index is -1.44. The lowest BCUT2D eigenvalue weighted by Crippen LogP contribution is -2.50. The molecular formula is C28H44N2O5S. The average molecular weight is 521 g/mol. The number of thioether (sulfide) groups is 1. The van der Waals surface area contributed by atoms with E-state index in [4.69, 9.17) is 4.74 Å². The first kappa shape index (κ1) is 30.4. The van der Waals surface area contributed by atoms with E-state index >= 15 is 0 Å². The van der Waals surface area contributed by atoms with Crippen LogP contribution in [-0.4, -0.2) is 69.0 Å². The van der Waals surface area contributed by atoms with Gasteiger partial charge in [0, 0.05) is 30.5 Å². The number of carbonyl (C=O) groups excluding carboxylic acids is 2. The van der Waals surface area contributed by atoms with E-state index in [0.29, 0.717) is 25.3 Å². The summed E-state index contributed by atoms with van der Waals surface area (Å²) in [4.78, 5) is 28.3. The topological polar surface area (TPSA) is 99.1 Å². The fourth-order valence-electron chi connectivity index (χ4n) is 3.98. The number of rotatable bonds is 11. The quantitative estimate of drug-likeness (QED) is 0.304. The number of aliphatic hydroxyl groups excluding tert-OH is 1. The maximum Gasteiger partial charge on any atom is 0.246 e. The Morgan fingerprint density at radius 1 is 1.25 bits per heavy atom. The van der Waals surface area contributed by atoms with Gasteiger partial charge in [-0.05, 0) is 37.7 Å². The molecule has 202 valence electrons. The first-order chi connectivity index (χ1) is 16.8. The van der Waals surface area contributed by atoms with Crippen molar-refractivity contribution in [2.75, 3.05) is 18.1 Å². The molecule has 1 aliphatic rings. The minimum Gasteiger partial charge on any atom is -0.390 e. The Morgan fingerprint density at radius 3 is 2.50 bits per heavy atom. The van der Waals surface area contributed by atoms with Crippen LogP contribution in [0.5, 0.6) is 0 Å². The van der Waals surface area contributed by atoms with Gasteiger partial charge in [0.15, 0.2) is 5.79 Å². The number of nitrogens with zero attached hydrogens (tertiary/aromatic N) is 1. The first-order valence-corrected chi connectivity index (χ1v) is 13.9. The summed E-state index contributed by atoms with van der Waals surface area (Å²) in [6.45, 7) is 12.2. The van der Waals surface area contributed by atoms with E-state index < -0.39 is 30.0 Å². The summed E-state index contributed by atoms with van der Waals surface area (Å²) < 4.78 is 5.70. The molecule has 1 saturated heterocycles. The number of carbonyl (C=O) groups is 2. The summed E-state index contributed by atoms with van der Waals surface area (Å²) in [6, 6.07) is 9.23. The molecule has 4 atom stereocenters. The van der Waals surface area contributed by atoms with Crippen molar-refractivity contribution in [3.8, 4) is 0 Å². The van der Waals surface area contributed by atoms with E-state index in [1.54, 1.807) is 22.7 Å². The first-order valence-electron chi connectivity index (χ1n) is 12.8. The van der Waals surface area contributed by atoms with Crippen LogP contribution in [0.3, 0.4) is 0 Å². The van der Waals surface area contributed by atoms with E-state index in [1.807, 2.05) is 64.1 Å². The summed E-state index contributed by atoms with van der Waals surface area (Å²) in [6.07, 6.45) is 2.56. The second-order valence-electron chi connectivity index (χ2n) is 11.0. The van der Waals surface area contributed by atoms with Crippen LogP contribution >= 0.6 is 11.8 Å². The van der Waals surface area contributed by atoms with Gasteiger partial charge in [0.2, 0.25) is 11.8 Å². The van der Waals surface area contributed by atoms with Gasteiger partial charge in [0.25, 0.3) is 0 Å². The van der Waals surface area contributed by atoms with Crippen molar-refractivity contribution in [2.45, 2.75) is 85.0 Å². The molecule has 1 aromatic carbocycles. The Balaban J connectivity index is 2.07. The van der Waals surface area contributed by atoms with E-state index in [0.717, 1.165) is 11.3 Å². The fourth-order valence-corrected chi connectivity index (χ4v) is 4.96. The lowest BCUT2D eigenvalue weighted by Gasteiger charge is -2.30. The van der Waals surface area contributed by atoms with E-state index in [1.165, 1.54) is 13.8 Å². The lowest BCUT2D eigenvalue weighted by atomic mass is 9.92. The van der Waals surface area contributed by atoms with Crippen molar-refractivity contribution in [2.24, 2.45) is 11.3 Å². The zero-order chi connectivity index (χ0) is 26.9. The number of allylic oxidation sites excluding steroid dienone is 1. The molecule has 36 heavy (non-hydrogen) atoms. The molecule has 1 unspecified atom stereocenters. The summed E-state index contributed by atoms with van der Waals surface area (Å²) in [5.41, 5.74) is 0.921. The maximum absolute atomic E-state index is 13.3. The number of ether oxygens (including phenoxy) is 1. The van der Waals surface area contributed by atoms with Crippen LogP contribution < -0.4 is 5.32 Å². The highest BCUT2D eigenvalue weighted by molar-refractivity contribution is 7.99. The highest BCUT2D eigenvalue weighted by Crippen LogP contribution is 2.23. The van der Waals surface area contributed by atoms with Gasteiger partial charge in [0.05, 0.1) is 6.10 Å². The predicted octanol–water partition coefficient (Wildman–Crippen LogP) is 3.74. The number of hydrogen-bond acceptors (Lipinski definition) is 6. The molecule has 8 heteroatoms. The molecule has 0 bridgehead atoms. The monoisotopic (exact) mass is 520 g/mol. The van der Waals surface area contributed by atoms with Crippen molar-refractivity contribution < 1.29 is 24.5 Å². The van der Waals surface area contributed by atoms with Crippen LogP contribution in [0.1, 0.15) is 59.9 Å². The van der Waals surface area contributed by atoms with E-state index in [9.17, 15) is 19.8 Å². The van der Waals surface area contributed by atoms with Gasteiger partial charge in [-0.1, -0.05) is 70.2 Å². The van der Waals surface area contributed by atoms with Crippen molar-refractivity contribution in [1.82, 2.24) is 10.2 Å². The smallest absolute Gasteiger partial charge is 0.246 e. The molecule has 7 nitrogen and oxygen atoms in total. The summed E-state index contributed by atoms with van der Waals surface area (Å²) in [7, 11) is 0. The Kier molecular flexibility index (Phi) is 11.5. The second kappa shape index (κ2) is 13.6. The average Bonchev–Trinajstić information content (AvgIpc) is 2.95. The molecule has 2 rings (SSSR count). The summed E-state index contributed by atoms with van der Waals surface area (Å²) >= 11 is 1.65. The molecule has 0 spiro atoms. The van der Waals surface area contributed by atoms with Crippen LogP contribution in [0.2, 0.25) is 0 Å². The zero-order valence-electron chi connectivity index (χ0n) is 22.6. The molecule has 0 saturated carbocycles. The molecule has 0 aliphatic carbocycles. The van der Waals surface area contributed by atoms with Crippen LogP contribution in [0.15, 0.2) is 42.5 Å². The number of benzene rings is 1. The Bertz CT molecular complexity index is 863. The summed E-state index contributed by atoms with van der Waals surface area (Å²) in [5.74, 6) is -0.934. The minimum absolute atomic E-state index is 0.0797. The van der Waals surface area contributed by atoms with Crippen molar-refractivity contribution in [3.05, 3.63) is 48.0 Å². The van der Waals surface area contributed by atoms with Gasteiger partial charge in [-0.15, -0.1) is 0 Å². The summed E-state index contributed by atoms with van der Waals surface area (Å²) in [5, 5.41) is 24.1. The largest absolute Gasteiger partial charge is 0.390 e. The van der Waals surface area contributed by atoms with Crippen LogP contribution in [0.25, 0.3) is 0 Å². The van der Waals surface area contributed by atoms with Crippen molar-refractivity contribution in [1.29, 1.82) is 0 Å². The maximum atomic E-state index is 13.3. The predicted molar refractivity (Wildman–Crippen MR) is 145 cm³/mol. The number of nitrogens with one attached hydrogen (secondary N) is 1. The zero-order valence-corrected chi connectivity index (χ0v) is 23.4. The number of hydrogen-bond donors (Lipinski definition) is 3. The SMILES string of the molecule is CC[C@H](C[C@@H](O)[C@@H](/C=C/C(C)(C)C)OC(C)(C)O)C(=O)NC1CSCCN(Cc2ccccc2)C1=O. The normalized spacial score (nSPS) is 20.2. The van der Waals surface area contributed by atoms with Gasteiger partial charge in [-0.3, -0.25) is 9.59 Å². The molecule has 1 heterocycles. The lowest BCUT2D eigenvalue weighted by molar-refractivity contribution is -0.213. The highest BCUT2D eigenvalue weighted by Gasteiger charge is 2.33. The third-order valence-electron chi connectivity index (χ3n) is 5.91. The Morgan fingerprint density at radius 2 is 1.92 bits per heavy atom. The molecule has 1 aliphatic heterocycles. The van der Waals surface area contributed by atoms with Crippen LogP contribution in [-0.2, 0) is 20.9 Å². The van der Waals surface area contributed by atoms with E-state index in [-0.39, 0.29) is 23.7 Å². The molecule has 1 fully saturated rings. The second-order valence-corrected chi connectivity index (χ2v) is 12.2. The van der Waals surface area contributed by atoms with E-state index in [2.05, 4.69) is 5.32 Å². The molecular weight excluding hydrogens is 476 g/mol. The third kappa shape index (κ3) is 10.6. The number of aliphatic hydroxyl groups is 2. The molecule has 2 amide bonds. The Labute approximate surface area is 220 Å². The highest BCUT2D eigenvalue weighted by atomic mass is 32.2. The molecule has 3 N–H and O–H groups in total. The fraction of sp³-hybridized carbons (Fsp3) is 0.643. The van der Waals surface area contributed by atoms with Gasteiger partial charge in [0.1, 0.15) is 12.1 Å². The number of amides is 2. The van der Waals surface area contributed by atoms with Crippen molar-refractivity contribution in [3.63, 3.8) is 0 Å². The van der Waals surface area contributed by atoms with Crippen LogP contribution in [0.4, 0.5) is 0 Å². The molecule has 0 aromatic heterocycles. The molecule has 1 aromatic rings. The van der Waals surface area contributed by atoms with Crippen LogP contribution in [0, 0.1) is 11.3 Å². The van der Waals surface area contributed by atoms with Gasteiger partial charge >= 0.3 is 0 Å². The van der Waals surface area contributed by atoms with Crippen molar-refractivity contribution >= 4 is 23.6 Å². The van der Waals surface area contributed by atoms with Gasteiger partial charge in [-0.25, -0.2) is 0 Å². The Hall–Kier alpha value is -1.87. The molecule has 0 radical (unpaired) electrons.